The van der Waals surface area contributed by atoms with Gasteiger partial charge in [0.25, 0.3) is 0 Å². The van der Waals surface area contributed by atoms with Crippen LogP contribution in [0.25, 0.3) is 0 Å². The smallest absolute Gasteiger partial charge is 0.0612 e. The monoisotopic (exact) mass is 252 g/mol. The van der Waals surface area contributed by atoms with Crippen molar-refractivity contribution in [1.82, 2.24) is 0 Å². The Kier molecular flexibility index (Phi) is 5.12. The maximum Gasteiger partial charge on any atom is 0.0612 e. The summed E-state index contributed by atoms with van der Waals surface area (Å²) >= 11 is 0. The standard InChI is InChI=1S/C17H32O/c1-4-5-6-7-8-10-17(3)11-9-15-14(2)13-18-16(15)12-17/h14-16H,4-13H2,1-3H3/t14?,15?,16?,17-/m1/s1. The molecule has 3 unspecified atom stereocenters. The molecule has 18 heavy (non-hydrogen) atoms. The molecule has 2 fully saturated rings. The van der Waals surface area contributed by atoms with E-state index in [0.29, 0.717) is 11.5 Å². The summed E-state index contributed by atoms with van der Waals surface area (Å²) in [6, 6.07) is 0. The molecule has 1 saturated carbocycles. The zero-order valence-electron chi connectivity index (χ0n) is 12.7. The fraction of sp³-hybridized carbons (Fsp3) is 1.00. The molecule has 2 aliphatic rings. The Morgan fingerprint density at radius 2 is 1.94 bits per heavy atom. The molecule has 1 nitrogen and oxygen atoms in total. The third kappa shape index (κ3) is 3.50. The van der Waals surface area contributed by atoms with Crippen molar-refractivity contribution in [2.45, 2.75) is 84.7 Å². The summed E-state index contributed by atoms with van der Waals surface area (Å²) in [5, 5.41) is 0. The molecule has 106 valence electrons. The quantitative estimate of drug-likeness (QED) is 0.591. The van der Waals surface area contributed by atoms with E-state index in [0.717, 1.165) is 18.4 Å². The Bertz CT molecular complexity index is 250. The minimum absolute atomic E-state index is 0.581. The van der Waals surface area contributed by atoms with Crippen molar-refractivity contribution in [2.24, 2.45) is 17.3 Å². The van der Waals surface area contributed by atoms with Crippen LogP contribution in [0.2, 0.25) is 0 Å². The number of hydrogen-bond acceptors (Lipinski definition) is 1. The average Bonchev–Trinajstić information content (AvgIpc) is 2.70. The van der Waals surface area contributed by atoms with Gasteiger partial charge in [-0.1, -0.05) is 52.9 Å². The van der Waals surface area contributed by atoms with Gasteiger partial charge in [-0.15, -0.1) is 0 Å². The predicted molar refractivity (Wildman–Crippen MR) is 77.7 cm³/mol. The maximum atomic E-state index is 6.01. The second-order valence-electron chi connectivity index (χ2n) is 7.23. The minimum atomic E-state index is 0.581. The SMILES string of the molecule is CCCCCCC[C@]1(C)CCC2C(C)COC2C1. The van der Waals surface area contributed by atoms with Crippen LogP contribution in [0.15, 0.2) is 0 Å². The van der Waals surface area contributed by atoms with Crippen molar-refractivity contribution in [3.63, 3.8) is 0 Å². The van der Waals surface area contributed by atoms with Gasteiger partial charge in [0.05, 0.1) is 6.10 Å². The molecule has 4 atom stereocenters. The molecule has 1 heterocycles. The van der Waals surface area contributed by atoms with E-state index in [1.807, 2.05) is 0 Å². The molecule has 0 aromatic carbocycles. The van der Waals surface area contributed by atoms with Crippen LogP contribution < -0.4 is 0 Å². The first-order chi connectivity index (χ1) is 8.64. The molecule has 0 aromatic heterocycles. The number of rotatable bonds is 6. The minimum Gasteiger partial charge on any atom is -0.378 e. The maximum absolute atomic E-state index is 6.01. The van der Waals surface area contributed by atoms with Gasteiger partial charge >= 0.3 is 0 Å². The summed E-state index contributed by atoms with van der Waals surface area (Å²) in [7, 11) is 0. The molecule has 1 saturated heterocycles. The van der Waals surface area contributed by atoms with Gasteiger partial charge in [0.2, 0.25) is 0 Å². The third-order valence-electron chi connectivity index (χ3n) is 5.44. The third-order valence-corrected chi connectivity index (χ3v) is 5.44. The van der Waals surface area contributed by atoms with Crippen molar-refractivity contribution >= 4 is 0 Å². The lowest BCUT2D eigenvalue weighted by molar-refractivity contribution is 0.00933. The lowest BCUT2D eigenvalue weighted by atomic mass is 9.66. The van der Waals surface area contributed by atoms with Gasteiger partial charge in [0.15, 0.2) is 0 Å². The Balaban J connectivity index is 1.72. The Morgan fingerprint density at radius 3 is 2.72 bits per heavy atom. The van der Waals surface area contributed by atoms with Crippen molar-refractivity contribution in [1.29, 1.82) is 0 Å². The van der Waals surface area contributed by atoms with Crippen LogP contribution in [0, 0.1) is 17.3 Å². The second kappa shape index (κ2) is 6.41. The first-order valence-corrected chi connectivity index (χ1v) is 8.26. The summed E-state index contributed by atoms with van der Waals surface area (Å²) in [4.78, 5) is 0. The second-order valence-corrected chi connectivity index (χ2v) is 7.23. The molecule has 1 aliphatic heterocycles. The van der Waals surface area contributed by atoms with Crippen LogP contribution in [-0.4, -0.2) is 12.7 Å². The highest BCUT2D eigenvalue weighted by Gasteiger charge is 2.43. The highest BCUT2D eigenvalue weighted by molar-refractivity contribution is 4.93. The van der Waals surface area contributed by atoms with E-state index >= 15 is 0 Å². The summed E-state index contributed by atoms with van der Waals surface area (Å²) in [5.41, 5.74) is 0.581. The van der Waals surface area contributed by atoms with Crippen LogP contribution in [0.1, 0.15) is 78.6 Å². The van der Waals surface area contributed by atoms with Crippen molar-refractivity contribution < 1.29 is 4.74 Å². The molecule has 0 radical (unpaired) electrons. The highest BCUT2D eigenvalue weighted by Crippen LogP contribution is 2.48. The van der Waals surface area contributed by atoms with E-state index in [1.54, 1.807) is 0 Å². The van der Waals surface area contributed by atoms with Crippen LogP contribution in [0.4, 0.5) is 0 Å². The average molecular weight is 252 g/mol. The summed E-state index contributed by atoms with van der Waals surface area (Å²) in [6.45, 7) is 8.19. The molecule has 0 spiro atoms. The van der Waals surface area contributed by atoms with E-state index in [9.17, 15) is 0 Å². The Hall–Kier alpha value is -0.0400. The summed E-state index contributed by atoms with van der Waals surface area (Å²) < 4.78 is 6.01. The fourth-order valence-corrected chi connectivity index (χ4v) is 4.05. The molecule has 2 rings (SSSR count). The Labute approximate surface area is 114 Å². The van der Waals surface area contributed by atoms with E-state index in [4.69, 9.17) is 4.74 Å². The number of fused-ring (bicyclic) bond motifs is 1. The van der Waals surface area contributed by atoms with E-state index in [1.165, 1.54) is 57.8 Å². The van der Waals surface area contributed by atoms with Gasteiger partial charge in [0, 0.05) is 6.61 Å². The largest absolute Gasteiger partial charge is 0.378 e. The normalized spacial score (nSPS) is 39.8. The fourth-order valence-electron chi connectivity index (χ4n) is 4.05. The molecule has 0 bridgehead atoms. The van der Waals surface area contributed by atoms with Gasteiger partial charge in [-0.05, 0) is 42.9 Å². The number of unbranched alkanes of at least 4 members (excludes halogenated alkanes) is 4. The van der Waals surface area contributed by atoms with Crippen LogP contribution in [0.3, 0.4) is 0 Å². The molecular formula is C17H32O. The van der Waals surface area contributed by atoms with Crippen molar-refractivity contribution in [3.8, 4) is 0 Å². The van der Waals surface area contributed by atoms with Gasteiger partial charge in [-0.2, -0.15) is 0 Å². The van der Waals surface area contributed by atoms with Gasteiger partial charge in [0.1, 0.15) is 0 Å². The first-order valence-electron chi connectivity index (χ1n) is 8.26. The highest BCUT2D eigenvalue weighted by atomic mass is 16.5. The van der Waals surface area contributed by atoms with Crippen LogP contribution in [-0.2, 0) is 4.74 Å². The predicted octanol–water partition coefficient (Wildman–Crippen LogP) is 5.19. The molecule has 1 heteroatoms. The first kappa shape index (κ1) is 14.4. The number of hydrogen-bond donors (Lipinski definition) is 0. The van der Waals surface area contributed by atoms with Gasteiger partial charge in [-0.3, -0.25) is 0 Å². The van der Waals surface area contributed by atoms with Crippen molar-refractivity contribution in [2.75, 3.05) is 6.61 Å². The zero-order chi connectivity index (χ0) is 13.0. The summed E-state index contributed by atoms with van der Waals surface area (Å²) in [6.07, 6.45) is 13.3. The molecule has 1 aliphatic carbocycles. The lowest BCUT2D eigenvalue weighted by Gasteiger charge is -2.40. The van der Waals surface area contributed by atoms with Gasteiger partial charge < -0.3 is 4.74 Å². The molecular weight excluding hydrogens is 220 g/mol. The van der Waals surface area contributed by atoms with E-state index < -0.39 is 0 Å². The van der Waals surface area contributed by atoms with E-state index in [2.05, 4.69) is 20.8 Å². The Morgan fingerprint density at radius 1 is 1.17 bits per heavy atom. The number of ether oxygens (including phenoxy) is 1. The topological polar surface area (TPSA) is 9.23 Å². The molecule has 0 amide bonds. The summed E-state index contributed by atoms with van der Waals surface area (Å²) in [5.74, 6) is 1.68. The molecule has 0 aromatic rings. The van der Waals surface area contributed by atoms with Crippen LogP contribution >= 0.6 is 0 Å². The van der Waals surface area contributed by atoms with E-state index in [-0.39, 0.29) is 0 Å². The van der Waals surface area contributed by atoms with Gasteiger partial charge in [-0.25, -0.2) is 0 Å². The zero-order valence-corrected chi connectivity index (χ0v) is 12.7. The van der Waals surface area contributed by atoms with Crippen molar-refractivity contribution in [3.05, 3.63) is 0 Å². The molecule has 0 N–H and O–H groups in total. The lowest BCUT2D eigenvalue weighted by Crippen LogP contribution is -2.34. The van der Waals surface area contributed by atoms with Crippen LogP contribution in [0.5, 0.6) is 0 Å².